The van der Waals surface area contributed by atoms with Crippen molar-refractivity contribution in [3.63, 3.8) is 0 Å². The van der Waals surface area contributed by atoms with Gasteiger partial charge < -0.3 is 4.90 Å². The lowest BCUT2D eigenvalue weighted by molar-refractivity contribution is 0.308. The van der Waals surface area contributed by atoms with Crippen molar-refractivity contribution in [1.29, 1.82) is 0 Å². The lowest BCUT2D eigenvalue weighted by atomic mass is 10.0. The Morgan fingerprint density at radius 2 is 1.87 bits per heavy atom. The normalized spacial score (nSPS) is 25.5. The second-order valence-corrected chi connectivity index (χ2v) is 4.09. The second kappa shape index (κ2) is 4.96. The molecule has 1 aliphatic carbocycles. The van der Waals surface area contributed by atoms with Gasteiger partial charge in [0.2, 0.25) is 6.29 Å². The number of hydrogen-bond donors (Lipinski definition) is 0. The molecule has 2 nitrogen and oxygen atoms in total. The fourth-order valence-corrected chi connectivity index (χ4v) is 1.97. The third kappa shape index (κ3) is 2.82. The van der Waals surface area contributed by atoms with E-state index in [1.807, 2.05) is 30.6 Å². The Bertz CT molecular complexity index is 292. The van der Waals surface area contributed by atoms with Gasteiger partial charge >= 0.3 is 0 Å². The zero-order chi connectivity index (χ0) is 10.5. The van der Waals surface area contributed by atoms with Crippen LogP contribution in [-0.2, 0) is 4.79 Å². The molecule has 1 fully saturated rings. The highest BCUT2D eigenvalue weighted by Crippen LogP contribution is 2.15. The maximum Gasteiger partial charge on any atom is 0.209 e. The highest BCUT2D eigenvalue weighted by atomic mass is 16.1. The first kappa shape index (κ1) is 10.2. The second-order valence-electron chi connectivity index (χ2n) is 4.09. The van der Waals surface area contributed by atoms with E-state index in [0.717, 1.165) is 13.1 Å². The lowest BCUT2D eigenvalue weighted by Gasteiger charge is -2.25. The quantitative estimate of drug-likeness (QED) is 0.684. The zero-order valence-electron chi connectivity index (χ0n) is 8.86. The smallest absolute Gasteiger partial charge is 0.209 e. The number of carbonyl (C=O) groups excluding carboxylic acids is 1. The molecule has 2 heteroatoms. The molecule has 0 aromatic heterocycles. The first-order valence-electron chi connectivity index (χ1n) is 5.58. The molecule has 0 unspecified atom stereocenters. The molecular formula is C13H16NO. The van der Waals surface area contributed by atoms with Gasteiger partial charge in [0.05, 0.1) is 5.92 Å². The highest BCUT2D eigenvalue weighted by molar-refractivity contribution is 5.62. The summed E-state index contributed by atoms with van der Waals surface area (Å²) in [7, 11) is 0. The summed E-state index contributed by atoms with van der Waals surface area (Å²) >= 11 is 0. The minimum Gasteiger partial charge on any atom is -0.377 e. The Morgan fingerprint density at radius 1 is 1.20 bits per heavy atom. The highest BCUT2D eigenvalue weighted by Gasteiger charge is 2.08. The summed E-state index contributed by atoms with van der Waals surface area (Å²) in [5.41, 5.74) is 1.18. The van der Waals surface area contributed by atoms with Crippen LogP contribution in [0.4, 0.5) is 0 Å². The van der Waals surface area contributed by atoms with Gasteiger partial charge in [0.25, 0.3) is 0 Å². The van der Waals surface area contributed by atoms with Crippen LogP contribution < -0.4 is 0 Å². The maximum atomic E-state index is 10.4. The standard InChI is InChI=1S/C13H16NO/c15-11-13-6-4-12(5-7-13)10-14-8-2-1-3-9-14/h4-7,10,13H,1-3,8-9H2. The molecule has 79 valence electrons. The molecule has 2 aliphatic rings. The van der Waals surface area contributed by atoms with E-state index in [9.17, 15) is 4.79 Å². The largest absolute Gasteiger partial charge is 0.377 e. The van der Waals surface area contributed by atoms with E-state index in [0.29, 0.717) is 0 Å². The number of likely N-dealkylation sites (tertiary alicyclic amines) is 1. The van der Waals surface area contributed by atoms with Gasteiger partial charge in [-0.2, -0.15) is 0 Å². The van der Waals surface area contributed by atoms with Crippen LogP contribution >= 0.6 is 0 Å². The van der Waals surface area contributed by atoms with Crippen molar-refractivity contribution in [1.82, 2.24) is 4.90 Å². The Kier molecular flexibility index (Phi) is 3.38. The predicted octanol–water partition coefficient (Wildman–Crippen LogP) is 2.21. The van der Waals surface area contributed by atoms with Gasteiger partial charge in [-0.15, -0.1) is 0 Å². The van der Waals surface area contributed by atoms with Crippen molar-refractivity contribution in [3.8, 4) is 0 Å². The van der Waals surface area contributed by atoms with Crippen LogP contribution in [0.25, 0.3) is 0 Å². The van der Waals surface area contributed by atoms with Gasteiger partial charge in [-0.25, -0.2) is 0 Å². The first-order chi connectivity index (χ1) is 7.38. The number of hydrogen-bond acceptors (Lipinski definition) is 2. The maximum absolute atomic E-state index is 10.4. The molecule has 0 amide bonds. The molecule has 15 heavy (non-hydrogen) atoms. The van der Waals surface area contributed by atoms with E-state index in [4.69, 9.17) is 0 Å². The molecule has 0 saturated carbocycles. The van der Waals surface area contributed by atoms with E-state index in [2.05, 4.69) is 11.1 Å². The van der Waals surface area contributed by atoms with E-state index in [1.54, 1.807) is 0 Å². The molecule has 0 atom stereocenters. The molecular weight excluding hydrogens is 186 g/mol. The molecule has 0 spiro atoms. The molecule has 2 rings (SSSR count). The van der Waals surface area contributed by atoms with Crippen molar-refractivity contribution >= 4 is 6.29 Å². The predicted molar refractivity (Wildman–Crippen MR) is 61.0 cm³/mol. The molecule has 1 heterocycles. The molecule has 0 aromatic carbocycles. The number of piperidine rings is 1. The zero-order valence-corrected chi connectivity index (χ0v) is 8.86. The van der Waals surface area contributed by atoms with Gasteiger partial charge in [-0.3, -0.25) is 4.79 Å². The number of nitrogens with zero attached hydrogens (tertiary/aromatic N) is 1. The molecule has 0 aromatic rings. The van der Waals surface area contributed by atoms with Crippen molar-refractivity contribution in [2.45, 2.75) is 19.3 Å². The van der Waals surface area contributed by atoms with Crippen LogP contribution in [0, 0.1) is 5.92 Å². The van der Waals surface area contributed by atoms with Gasteiger partial charge in [-0.1, -0.05) is 24.3 Å². The van der Waals surface area contributed by atoms with Crippen LogP contribution in [0.3, 0.4) is 0 Å². The molecule has 0 N–H and O–H groups in total. The van der Waals surface area contributed by atoms with Crippen LogP contribution in [0.5, 0.6) is 0 Å². The molecule has 1 radical (unpaired) electrons. The summed E-state index contributed by atoms with van der Waals surface area (Å²) in [5, 5.41) is 0. The molecule has 0 bridgehead atoms. The average molecular weight is 202 g/mol. The third-order valence-corrected chi connectivity index (χ3v) is 2.85. The number of rotatable bonds is 2. The third-order valence-electron chi connectivity index (χ3n) is 2.85. The lowest BCUT2D eigenvalue weighted by Crippen LogP contribution is -2.24. The Morgan fingerprint density at radius 3 is 2.47 bits per heavy atom. The summed E-state index contributed by atoms with van der Waals surface area (Å²) in [6.07, 6.45) is 15.9. The monoisotopic (exact) mass is 202 g/mol. The fourth-order valence-electron chi connectivity index (χ4n) is 1.97. The minimum absolute atomic E-state index is 0.150. The fraction of sp³-hybridized carbons (Fsp3) is 0.462. The van der Waals surface area contributed by atoms with Crippen LogP contribution in [0.1, 0.15) is 19.3 Å². The van der Waals surface area contributed by atoms with E-state index in [-0.39, 0.29) is 5.92 Å². The number of allylic oxidation sites excluding steroid dienone is 5. The van der Waals surface area contributed by atoms with Crippen molar-refractivity contribution in [2.75, 3.05) is 13.1 Å². The SMILES string of the molecule is O=[C]C1C=CC(=CN2CCCCC2)C=C1. The average Bonchev–Trinajstić information content (AvgIpc) is 2.31. The summed E-state index contributed by atoms with van der Waals surface area (Å²) in [6, 6.07) is 0. The Balaban J connectivity index is 1.96. The molecule has 1 saturated heterocycles. The summed E-state index contributed by atoms with van der Waals surface area (Å²) in [4.78, 5) is 12.8. The van der Waals surface area contributed by atoms with Crippen LogP contribution in [0.15, 0.2) is 36.1 Å². The van der Waals surface area contributed by atoms with Gasteiger partial charge in [-0.05, 0) is 24.8 Å². The van der Waals surface area contributed by atoms with Crippen LogP contribution in [0.2, 0.25) is 0 Å². The minimum atomic E-state index is -0.150. The van der Waals surface area contributed by atoms with Crippen molar-refractivity contribution in [2.24, 2.45) is 5.92 Å². The van der Waals surface area contributed by atoms with E-state index in [1.165, 1.54) is 24.8 Å². The van der Waals surface area contributed by atoms with Crippen molar-refractivity contribution in [3.05, 3.63) is 36.1 Å². The van der Waals surface area contributed by atoms with Gasteiger partial charge in [0.15, 0.2) is 0 Å². The summed E-state index contributed by atoms with van der Waals surface area (Å²) in [5.74, 6) is -0.150. The summed E-state index contributed by atoms with van der Waals surface area (Å²) < 4.78 is 0. The van der Waals surface area contributed by atoms with E-state index >= 15 is 0 Å². The Labute approximate surface area is 91.0 Å². The van der Waals surface area contributed by atoms with Crippen molar-refractivity contribution < 1.29 is 4.79 Å². The molecule has 1 aliphatic heterocycles. The van der Waals surface area contributed by atoms with Gasteiger partial charge in [0, 0.05) is 19.3 Å². The van der Waals surface area contributed by atoms with E-state index < -0.39 is 0 Å². The first-order valence-corrected chi connectivity index (χ1v) is 5.58. The van der Waals surface area contributed by atoms with Crippen LogP contribution in [-0.4, -0.2) is 24.3 Å². The van der Waals surface area contributed by atoms with Gasteiger partial charge in [0.1, 0.15) is 0 Å². The topological polar surface area (TPSA) is 20.3 Å². The Hall–Kier alpha value is -1.31. The summed E-state index contributed by atoms with van der Waals surface area (Å²) in [6.45, 7) is 2.32.